The largest absolute Gasteiger partial charge is 0.497 e. The molecule has 0 aliphatic heterocycles. The van der Waals surface area contributed by atoms with Gasteiger partial charge in [0.05, 0.1) is 7.11 Å². The number of hydrogen-bond donors (Lipinski definition) is 1. The lowest BCUT2D eigenvalue weighted by Crippen LogP contribution is -2.25. The van der Waals surface area contributed by atoms with Crippen LogP contribution in [0.2, 0.25) is 0 Å². The Bertz CT molecular complexity index is 820. The predicted molar refractivity (Wildman–Crippen MR) is 116 cm³/mol. The van der Waals surface area contributed by atoms with E-state index in [1.54, 1.807) is 7.11 Å². The van der Waals surface area contributed by atoms with Crippen molar-refractivity contribution in [3.05, 3.63) is 72.1 Å². The lowest BCUT2D eigenvalue weighted by atomic mass is 10.0. The molecule has 3 aromatic rings. The molecule has 27 heavy (non-hydrogen) atoms. The van der Waals surface area contributed by atoms with Gasteiger partial charge in [-0.3, -0.25) is 4.98 Å². The van der Waals surface area contributed by atoms with Crippen molar-refractivity contribution in [3.8, 4) is 5.75 Å². The van der Waals surface area contributed by atoms with Gasteiger partial charge in [-0.05, 0) is 67.0 Å². The second-order valence-corrected chi connectivity index (χ2v) is 6.93. The maximum absolute atomic E-state index is 5.20. The van der Waals surface area contributed by atoms with Crippen LogP contribution >= 0.6 is 12.4 Å². The van der Waals surface area contributed by atoms with Gasteiger partial charge in [-0.2, -0.15) is 0 Å². The molecule has 0 unspecified atom stereocenters. The van der Waals surface area contributed by atoms with Crippen LogP contribution < -0.4 is 10.1 Å². The highest BCUT2D eigenvalue weighted by atomic mass is 35.5. The summed E-state index contributed by atoms with van der Waals surface area (Å²) >= 11 is 0. The van der Waals surface area contributed by atoms with Crippen LogP contribution in [0, 0.1) is 0 Å². The highest BCUT2D eigenvalue weighted by Crippen LogP contribution is 2.16. The number of unbranched alkanes of at least 4 members (excludes halogenated alkanes) is 1. The Hall–Kier alpha value is -2.10. The molecule has 1 aromatic heterocycles. The Kier molecular flexibility index (Phi) is 8.56. The lowest BCUT2D eigenvalue weighted by molar-refractivity contribution is 0.414. The van der Waals surface area contributed by atoms with E-state index < -0.39 is 0 Å². The molecule has 0 bridgehead atoms. The van der Waals surface area contributed by atoms with Gasteiger partial charge < -0.3 is 10.1 Å². The zero-order chi connectivity index (χ0) is 18.2. The van der Waals surface area contributed by atoms with E-state index in [-0.39, 0.29) is 12.4 Å². The van der Waals surface area contributed by atoms with Crippen molar-refractivity contribution >= 4 is 23.2 Å². The summed E-state index contributed by atoms with van der Waals surface area (Å²) in [4.78, 5) is 4.17. The van der Waals surface area contributed by atoms with Crippen LogP contribution in [0.25, 0.3) is 10.8 Å². The van der Waals surface area contributed by atoms with Crippen LogP contribution in [0.4, 0.5) is 0 Å². The van der Waals surface area contributed by atoms with Gasteiger partial charge in [0.1, 0.15) is 5.75 Å². The van der Waals surface area contributed by atoms with E-state index in [0.717, 1.165) is 18.7 Å². The molecule has 2 aromatic carbocycles. The molecule has 0 saturated carbocycles. The summed E-state index contributed by atoms with van der Waals surface area (Å²) in [5.74, 6) is 0.927. The number of methoxy groups -OCH3 is 1. The third-order valence-electron chi connectivity index (χ3n) is 4.87. The number of fused-ring (bicyclic) bond motifs is 1. The van der Waals surface area contributed by atoms with Crippen LogP contribution in [-0.2, 0) is 13.0 Å². The van der Waals surface area contributed by atoms with E-state index in [1.165, 1.54) is 41.2 Å². The molecule has 0 saturated heterocycles. The van der Waals surface area contributed by atoms with Crippen molar-refractivity contribution in [1.29, 1.82) is 0 Å². The summed E-state index contributed by atoms with van der Waals surface area (Å²) in [6.45, 7) is 3.19. The number of halogens is 1. The minimum atomic E-state index is 0. The molecule has 1 heterocycles. The molecule has 1 atom stereocenters. The first-order valence-electron chi connectivity index (χ1n) is 9.43. The summed E-state index contributed by atoms with van der Waals surface area (Å²) < 4.78 is 5.20. The quantitative estimate of drug-likeness (QED) is 0.490. The number of aryl methyl sites for hydroxylation is 1. The molecule has 1 N–H and O–H groups in total. The fourth-order valence-corrected chi connectivity index (χ4v) is 3.21. The second-order valence-electron chi connectivity index (χ2n) is 6.93. The molecule has 0 aliphatic carbocycles. The van der Waals surface area contributed by atoms with Gasteiger partial charge >= 0.3 is 0 Å². The molecule has 4 heteroatoms. The number of pyridine rings is 1. The monoisotopic (exact) mass is 384 g/mol. The van der Waals surface area contributed by atoms with E-state index in [0.29, 0.717) is 6.04 Å². The fraction of sp³-hybridized carbons (Fsp3) is 0.348. The Balaban J connectivity index is 0.00000261. The minimum absolute atomic E-state index is 0. The number of benzene rings is 2. The third kappa shape index (κ3) is 6.53. The van der Waals surface area contributed by atoms with Crippen molar-refractivity contribution < 1.29 is 4.74 Å². The van der Waals surface area contributed by atoms with E-state index in [2.05, 4.69) is 53.6 Å². The summed E-state index contributed by atoms with van der Waals surface area (Å²) in [7, 11) is 1.71. The van der Waals surface area contributed by atoms with Crippen molar-refractivity contribution in [1.82, 2.24) is 10.3 Å². The van der Waals surface area contributed by atoms with Crippen molar-refractivity contribution in [3.63, 3.8) is 0 Å². The Morgan fingerprint density at radius 1 is 0.963 bits per heavy atom. The van der Waals surface area contributed by atoms with Gasteiger partial charge in [0.15, 0.2) is 0 Å². The summed E-state index contributed by atoms with van der Waals surface area (Å²) in [5, 5.41) is 6.10. The summed E-state index contributed by atoms with van der Waals surface area (Å²) in [6.07, 6.45) is 8.57. The number of hydrogen-bond acceptors (Lipinski definition) is 3. The highest BCUT2D eigenvalue weighted by molar-refractivity contribution is 5.85. The minimum Gasteiger partial charge on any atom is -0.497 e. The molecule has 3 rings (SSSR count). The predicted octanol–water partition coefficient (Wildman–Crippen LogP) is 5.56. The van der Waals surface area contributed by atoms with Gasteiger partial charge in [0, 0.05) is 30.4 Å². The normalized spacial score (nSPS) is 11.8. The number of ether oxygens (including phenoxy) is 1. The van der Waals surface area contributed by atoms with E-state index >= 15 is 0 Å². The van der Waals surface area contributed by atoms with Gasteiger partial charge in [0.2, 0.25) is 0 Å². The first kappa shape index (κ1) is 21.2. The first-order valence-corrected chi connectivity index (χ1v) is 9.43. The average molecular weight is 385 g/mol. The molecule has 0 fully saturated rings. The van der Waals surface area contributed by atoms with E-state index in [9.17, 15) is 0 Å². The molecule has 0 aliphatic rings. The van der Waals surface area contributed by atoms with Crippen LogP contribution in [-0.4, -0.2) is 18.1 Å². The molecule has 0 amide bonds. The van der Waals surface area contributed by atoms with Gasteiger partial charge in [-0.15, -0.1) is 12.4 Å². The SMILES string of the molecule is COc1ccc(CCCC[C@@H](C)NCc2ccc3cnccc3c2)cc1.Cl. The van der Waals surface area contributed by atoms with Gasteiger partial charge in [0.25, 0.3) is 0 Å². The lowest BCUT2D eigenvalue weighted by Gasteiger charge is -2.14. The number of nitrogens with zero attached hydrogens (tertiary/aromatic N) is 1. The van der Waals surface area contributed by atoms with Gasteiger partial charge in [-0.1, -0.05) is 30.7 Å². The zero-order valence-corrected chi connectivity index (χ0v) is 17.0. The molecule has 0 spiro atoms. The third-order valence-corrected chi connectivity index (χ3v) is 4.87. The molecule has 3 nitrogen and oxygen atoms in total. The molecular weight excluding hydrogens is 356 g/mol. The van der Waals surface area contributed by atoms with Gasteiger partial charge in [-0.25, -0.2) is 0 Å². The highest BCUT2D eigenvalue weighted by Gasteiger charge is 2.03. The average Bonchev–Trinajstić information content (AvgIpc) is 2.70. The summed E-state index contributed by atoms with van der Waals surface area (Å²) in [5.41, 5.74) is 2.71. The summed E-state index contributed by atoms with van der Waals surface area (Å²) in [6, 6.07) is 17.6. The number of rotatable bonds is 9. The van der Waals surface area contributed by atoms with Crippen molar-refractivity contribution in [2.45, 2.75) is 45.2 Å². The topological polar surface area (TPSA) is 34.1 Å². The zero-order valence-electron chi connectivity index (χ0n) is 16.2. The van der Waals surface area contributed by atoms with Crippen LogP contribution in [0.15, 0.2) is 60.9 Å². The maximum atomic E-state index is 5.20. The Labute approximate surface area is 168 Å². The van der Waals surface area contributed by atoms with Crippen molar-refractivity contribution in [2.75, 3.05) is 7.11 Å². The maximum Gasteiger partial charge on any atom is 0.118 e. The fourth-order valence-electron chi connectivity index (χ4n) is 3.21. The molecule has 144 valence electrons. The van der Waals surface area contributed by atoms with Crippen molar-refractivity contribution in [2.24, 2.45) is 0 Å². The standard InChI is InChI=1S/C23H28N2O.ClH/c1-18(5-3-4-6-19-8-11-23(26-2)12-9-19)25-16-20-7-10-22-17-24-14-13-21(22)15-20;/h7-15,17-18,25H,3-6,16H2,1-2H3;1H/t18-;/m1./s1. The molecular formula is C23H29ClN2O. The number of nitrogens with one attached hydrogen (secondary N) is 1. The van der Waals surface area contributed by atoms with Crippen LogP contribution in [0.5, 0.6) is 5.75 Å². The second kappa shape index (κ2) is 10.9. The van der Waals surface area contributed by atoms with Crippen LogP contribution in [0.1, 0.15) is 37.3 Å². The number of aromatic nitrogens is 1. The van der Waals surface area contributed by atoms with Crippen LogP contribution in [0.3, 0.4) is 0 Å². The van der Waals surface area contributed by atoms with E-state index in [1.807, 2.05) is 24.5 Å². The van der Waals surface area contributed by atoms with E-state index in [4.69, 9.17) is 4.74 Å². The Morgan fingerprint density at radius 2 is 1.74 bits per heavy atom. The first-order chi connectivity index (χ1) is 12.7. The smallest absolute Gasteiger partial charge is 0.118 e. The molecule has 0 radical (unpaired) electrons. The Morgan fingerprint density at radius 3 is 2.52 bits per heavy atom.